The molecule has 0 unspecified atom stereocenters. The number of carbonyl (C=O) groups excluding carboxylic acids is 2. The van der Waals surface area contributed by atoms with Crippen molar-refractivity contribution < 1.29 is 18.0 Å². The number of hydrogen-bond acceptors (Lipinski definition) is 4. The smallest absolute Gasteiger partial charge is 0.234 e. The van der Waals surface area contributed by atoms with Gasteiger partial charge in [-0.3, -0.25) is 14.3 Å². The first-order valence-electron chi connectivity index (χ1n) is 7.97. The fourth-order valence-electron chi connectivity index (χ4n) is 2.20. The van der Waals surface area contributed by atoms with Crippen molar-refractivity contribution in [3.05, 3.63) is 65.2 Å². The molecule has 0 fully saturated rings. The molecule has 0 aliphatic carbocycles. The Morgan fingerprint density at radius 2 is 1.58 bits per heavy atom. The van der Waals surface area contributed by atoms with Crippen molar-refractivity contribution in [3.8, 4) is 0 Å². The molecule has 0 bridgehead atoms. The number of benzene rings is 2. The molecule has 2 rings (SSSR count). The van der Waals surface area contributed by atoms with Crippen LogP contribution in [0.15, 0.2) is 54.6 Å². The maximum atomic E-state index is 12.0. The number of nitrogens with one attached hydrogen (secondary N) is 2. The SMILES string of the molecule is O=C(CCC(=O)c1ccccc1Cl)NCCS(=O)(=O)Nc1ccccc1. The Labute approximate surface area is 157 Å². The summed E-state index contributed by atoms with van der Waals surface area (Å²) in [4.78, 5) is 23.8. The number of hydrogen-bond donors (Lipinski definition) is 2. The Morgan fingerprint density at radius 1 is 0.923 bits per heavy atom. The van der Waals surface area contributed by atoms with E-state index in [1.54, 1.807) is 54.6 Å². The van der Waals surface area contributed by atoms with Crippen LogP contribution in [0.2, 0.25) is 5.02 Å². The molecule has 0 aliphatic rings. The lowest BCUT2D eigenvalue weighted by atomic mass is 10.1. The lowest BCUT2D eigenvalue weighted by molar-refractivity contribution is -0.120. The van der Waals surface area contributed by atoms with Crippen molar-refractivity contribution in [1.82, 2.24) is 5.32 Å². The number of anilines is 1. The minimum absolute atomic E-state index is 0.00455. The van der Waals surface area contributed by atoms with Gasteiger partial charge in [-0.25, -0.2) is 8.42 Å². The summed E-state index contributed by atoms with van der Waals surface area (Å²) in [6.45, 7) is -0.0404. The first-order chi connectivity index (χ1) is 12.4. The Morgan fingerprint density at radius 3 is 2.27 bits per heavy atom. The number of halogens is 1. The Kier molecular flexibility index (Phi) is 7.17. The Balaban J connectivity index is 1.73. The minimum Gasteiger partial charge on any atom is -0.355 e. The zero-order chi connectivity index (χ0) is 19.0. The third-order valence-corrected chi connectivity index (χ3v) is 5.11. The molecule has 0 radical (unpaired) electrons. The van der Waals surface area contributed by atoms with E-state index in [9.17, 15) is 18.0 Å². The van der Waals surface area contributed by atoms with Crippen molar-refractivity contribution in [2.75, 3.05) is 17.0 Å². The number of sulfonamides is 1. The highest BCUT2D eigenvalue weighted by Crippen LogP contribution is 2.17. The van der Waals surface area contributed by atoms with E-state index in [4.69, 9.17) is 11.6 Å². The van der Waals surface area contributed by atoms with Gasteiger partial charge in [0, 0.05) is 30.6 Å². The molecule has 2 aromatic carbocycles. The second-order valence-electron chi connectivity index (χ2n) is 5.54. The summed E-state index contributed by atoms with van der Waals surface area (Å²) >= 11 is 5.94. The van der Waals surface area contributed by atoms with Crippen LogP contribution in [-0.4, -0.2) is 32.4 Å². The first-order valence-corrected chi connectivity index (χ1v) is 10.0. The van der Waals surface area contributed by atoms with Crippen LogP contribution in [0.5, 0.6) is 0 Å². The number of ketones is 1. The highest BCUT2D eigenvalue weighted by molar-refractivity contribution is 7.92. The molecular formula is C18H19ClN2O4S. The van der Waals surface area contributed by atoms with Crippen molar-refractivity contribution in [2.24, 2.45) is 0 Å². The normalized spacial score (nSPS) is 11.0. The number of Topliss-reactive ketones (excluding diaryl/α,β-unsaturated/α-hetero) is 1. The van der Waals surface area contributed by atoms with Gasteiger partial charge in [-0.15, -0.1) is 0 Å². The van der Waals surface area contributed by atoms with Gasteiger partial charge < -0.3 is 5.32 Å². The van der Waals surface area contributed by atoms with E-state index in [-0.39, 0.29) is 36.8 Å². The van der Waals surface area contributed by atoms with E-state index in [2.05, 4.69) is 10.0 Å². The number of amides is 1. The van der Waals surface area contributed by atoms with Crippen LogP contribution in [0.3, 0.4) is 0 Å². The second-order valence-corrected chi connectivity index (χ2v) is 7.79. The summed E-state index contributed by atoms with van der Waals surface area (Å²) in [5.41, 5.74) is 0.834. The van der Waals surface area contributed by atoms with Crippen LogP contribution in [-0.2, 0) is 14.8 Å². The van der Waals surface area contributed by atoms with Crippen molar-refractivity contribution in [1.29, 1.82) is 0 Å². The van der Waals surface area contributed by atoms with E-state index in [0.717, 1.165) is 0 Å². The van der Waals surface area contributed by atoms with Crippen LogP contribution in [0.25, 0.3) is 0 Å². The molecule has 0 saturated heterocycles. The number of carbonyl (C=O) groups is 2. The monoisotopic (exact) mass is 394 g/mol. The molecule has 0 atom stereocenters. The van der Waals surface area contributed by atoms with Crippen molar-refractivity contribution in [3.63, 3.8) is 0 Å². The Hall–Kier alpha value is -2.38. The van der Waals surface area contributed by atoms with E-state index in [1.165, 1.54) is 0 Å². The summed E-state index contributed by atoms with van der Waals surface area (Å²) in [7, 11) is -3.56. The molecule has 26 heavy (non-hydrogen) atoms. The molecule has 2 N–H and O–H groups in total. The molecule has 0 spiro atoms. The predicted molar refractivity (Wildman–Crippen MR) is 102 cm³/mol. The van der Waals surface area contributed by atoms with Crippen LogP contribution in [0, 0.1) is 0 Å². The number of rotatable bonds is 9. The van der Waals surface area contributed by atoms with Gasteiger partial charge in [-0.1, -0.05) is 41.9 Å². The lowest BCUT2D eigenvalue weighted by Gasteiger charge is -2.09. The van der Waals surface area contributed by atoms with Gasteiger partial charge in [-0.05, 0) is 24.3 Å². The third kappa shape index (κ3) is 6.50. The molecule has 1 amide bonds. The van der Waals surface area contributed by atoms with Gasteiger partial charge in [0.25, 0.3) is 0 Å². The zero-order valence-electron chi connectivity index (χ0n) is 13.9. The van der Waals surface area contributed by atoms with Gasteiger partial charge in [0.15, 0.2) is 5.78 Å². The molecule has 2 aromatic rings. The molecule has 138 valence electrons. The fourth-order valence-corrected chi connectivity index (χ4v) is 3.41. The van der Waals surface area contributed by atoms with Crippen LogP contribution in [0.4, 0.5) is 5.69 Å². The van der Waals surface area contributed by atoms with E-state index < -0.39 is 10.0 Å². The molecule has 8 heteroatoms. The quantitative estimate of drug-likeness (QED) is 0.639. The highest BCUT2D eigenvalue weighted by atomic mass is 35.5. The molecule has 0 saturated carbocycles. The van der Waals surface area contributed by atoms with E-state index >= 15 is 0 Å². The first kappa shape index (κ1) is 19.9. The fraction of sp³-hybridized carbons (Fsp3) is 0.222. The molecular weight excluding hydrogens is 376 g/mol. The summed E-state index contributed by atoms with van der Waals surface area (Å²) in [5, 5.41) is 2.85. The summed E-state index contributed by atoms with van der Waals surface area (Å²) < 4.78 is 26.3. The van der Waals surface area contributed by atoms with Gasteiger partial charge in [0.05, 0.1) is 10.8 Å². The average molecular weight is 395 g/mol. The topological polar surface area (TPSA) is 92.3 Å². The Bertz CT molecular complexity index is 870. The summed E-state index contributed by atoms with van der Waals surface area (Å²) in [6.07, 6.45) is -0.0270. The standard InChI is InChI=1S/C18H19ClN2O4S/c19-16-9-5-4-8-15(16)17(22)10-11-18(23)20-12-13-26(24,25)21-14-6-2-1-3-7-14/h1-9,21H,10-13H2,(H,20,23). The average Bonchev–Trinajstić information content (AvgIpc) is 2.60. The summed E-state index contributed by atoms with van der Waals surface area (Å²) in [6, 6.07) is 15.1. The maximum absolute atomic E-state index is 12.0. The van der Waals surface area contributed by atoms with Crippen LogP contribution in [0.1, 0.15) is 23.2 Å². The number of para-hydroxylation sites is 1. The van der Waals surface area contributed by atoms with Gasteiger partial charge in [0.2, 0.25) is 15.9 Å². The second kappa shape index (κ2) is 9.35. The van der Waals surface area contributed by atoms with E-state index in [0.29, 0.717) is 16.3 Å². The predicted octanol–water partition coefficient (Wildman–Crippen LogP) is 2.86. The molecule has 6 nitrogen and oxygen atoms in total. The van der Waals surface area contributed by atoms with Crippen LogP contribution >= 0.6 is 11.6 Å². The van der Waals surface area contributed by atoms with Crippen molar-refractivity contribution >= 4 is 39.0 Å². The zero-order valence-corrected chi connectivity index (χ0v) is 15.5. The maximum Gasteiger partial charge on any atom is 0.234 e. The third-order valence-electron chi connectivity index (χ3n) is 3.49. The molecule has 0 aromatic heterocycles. The highest BCUT2D eigenvalue weighted by Gasteiger charge is 2.14. The molecule has 0 aliphatic heterocycles. The van der Waals surface area contributed by atoms with Crippen molar-refractivity contribution in [2.45, 2.75) is 12.8 Å². The minimum atomic E-state index is -3.56. The summed E-state index contributed by atoms with van der Waals surface area (Å²) in [5.74, 6) is -0.879. The van der Waals surface area contributed by atoms with Gasteiger partial charge >= 0.3 is 0 Å². The van der Waals surface area contributed by atoms with Gasteiger partial charge in [-0.2, -0.15) is 0 Å². The molecule has 0 heterocycles. The van der Waals surface area contributed by atoms with Gasteiger partial charge in [0.1, 0.15) is 0 Å². The lowest BCUT2D eigenvalue weighted by Crippen LogP contribution is -2.31. The largest absolute Gasteiger partial charge is 0.355 e. The van der Waals surface area contributed by atoms with E-state index in [1.807, 2.05) is 0 Å². The van der Waals surface area contributed by atoms with Crippen LogP contribution < -0.4 is 10.0 Å².